The van der Waals surface area contributed by atoms with Crippen LogP contribution in [0.1, 0.15) is 13.8 Å². The van der Waals surface area contributed by atoms with Crippen molar-refractivity contribution in [1.82, 2.24) is 10.2 Å². The number of halogens is 2. The molecule has 0 bridgehead atoms. The van der Waals surface area contributed by atoms with Crippen LogP contribution < -0.4 is 5.32 Å². The Balaban J connectivity index is 0.00000289. The van der Waals surface area contributed by atoms with Crippen LogP contribution in [0.15, 0.2) is 16.6 Å². The first kappa shape index (κ1) is 18.4. The second kappa shape index (κ2) is 9.31. The van der Waals surface area contributed by atoms with E-state index in [4.69, 9.17) is 11.6 Å². The zero-order valence-electron chi connectivity index (χ0n) is 11.3. The number of nitrogens with one attached hydrogen (secondary N) is 1. The van der Waals surface area contributed by atoms with E-state index in [2.05, 4.69) is 47.4 Å². The van der Waals surface area contributed by atoms with Crippen LogP contribution in [0.4, 0.5) is 0 Å². The molecule has 18 heavy (non-hydrogen) atoms. The Morgan fingerprint density at radius 1 is 1.61 bits per heavy atom. The fraction of sp³-hybridized carbons (Fsp3) is 0.750. The predicted molar refractivity (Wildman–Crippen MR) is 94.4 cm³/mol. The maximum atomic E-state index is 5.76. The third-order valence-corrected chi connectivity index (χ3v) is 4.46. The van der Waals surface area contributed by atoms with E-state index in [1.54, 1.807) is 0 Å². The fourth-order valence-electron chi connectivity index (χ4n) is 1.78. The monoisotopic (exact) mass is 403 g/mol. The highest BCUT2D eigenvalue weighted by atomic mass is 127. The van der Waals surface area contributed by atoms with Crippen LogP contribution in [0.5, 0.6) is 0 Å². The van der Waals surface area contributed by atoms with Crippen molar-refractivity contribution in [3.05, 3.63) is 11.6 Å². The quantitative estimate of drug-likeness (QED) is 0.446. The molecule has 1 unspecified atom stereocenters. The lowest BCUT2D eigenvalue weighted by Gasteiger charge is -2.36. The minimum atomic E-state index is 0. The molecule has 1 rings (SSSR count). The second-order valence-corrected chi connectivity index (χ2v) is 6.40. The molecule has 1 heterocycles. The molecule has 3 nitrogen and oxygen atoms in total. The lowest BCUT2D eigenvalue weighted by atomic mass is 10.1. The molecule has 0 aromatic heterocycles. The van der Waals surface area contributed by atoms with Crippen LogP contribution in [-0.4, -0.2) is 48.5 Å². The number of hydrogen-bond acceptors (Lipinski definition) is 2. The Morgan fingerprint density at radius 3 is 2.78 bits per heavy atom. The highest BCUT2D eigenvalue weighted by Crippen LogP contribution is 2.24. The molecule has 1 aliphatic heterocycles. The molecule has 0 saturated carbocycles. The predicted octanol–water partition coefficient (Wildman–Crippen LogP) is 3.01. The zero-order chi connectivity index (χ0) is 12.8. The Bertz CT molecular complexity index is 297. The average Bonchev–Trinajstić information content (AvgIpc) is 2.30. The van der Waals surface area contributed by atoms with Gasteiger partial charge in [-0.3, -0.25) is 4.99 Å². The van der Waals surface area contributed by atoms with Gasteiger partial charge in [-0.1, -0.05) is 32.0 Å². The molecular formula is C12H23ClIN3S. The summed E-state index contributed by atoms with van der Waals surface area (Å²) in [6.45, 7) is 10.9. The van der Waals surface area contributed by atoms with E-state index in [0.29, 0.717) is 22.7 Å². The zero-order valence-corrected chi connectivity index (χ0v) is 15.2. The summed E-state index contributed by atoms with van der Waals surface area (Å²) in [7, 11) is 1.81. The van der Waals surface area contributed by atoms with Gasteiger partial charge in [-0.15, -0.1) is 24.0 Å². The van der Waals surface area contributed by atoms with E-state index in [-0.39, 0.29) is 24.0 Å². The maximum Gasteiger partial charge on any atom is 0.194 e. The molecule has 0 aromatic carbocycles. The number of aliphatic imine (C=N–C) groups is 1. The van der Waals surface area contributed by atoms with Crippen molar-refractivity contribution in [2.45, 2.75) is 19.1 Å². The molecule has 1 fully saturated rings. The van der Waals surface area contributed by atoms with Crippen LogP contribution in [0.25, 0.3) is 0 Å². The fourth-order valence-corrected chi connectivity index (χ4v) is 3.14. The highest BCUT2D eigenvalue weighted by molar-refractivity contribution is 14.0. The lowest BCUT2D eigenvalue weighted by Crippen LogP contribution is -2.49. The number of guanidine groups is 1. The molecule has 1 aliphatic rings. The third kappa shape index (κ3) is 6.02. The van der Waals surface area contributed by atoms with E-state index < -0.39 is 0 Å². The SMILES string of the molecule is C=C(Cl)CNC(=NC)N1CCSC(C(C)C)C1.I. The summed E-state index contributed by atoms with van der Waals surface area (Å²) in [6, 6.07) is 0. The molecule has 6 heteroatoms. The van der Waals surface area contributed by atoms with Gasteiger partial charge in [-0.05, 0) is 5.92 Å². The minimum Gasteiger partial charge on any atom is -0.351 e. The summed E-state index contributed by atoms with van der Waals surface area (Å²) in [5.41, 5.74) is 0. The standard InChI is InChI=1S/C12H22ClN3S.HI/c1-9(2)11-8-16(5-6-17-11)12(14-4)15-7-10(3)13;/h9,11H,3,5-8H2,1-2,4H3,(H,14,15);1H. The molecule has 0 aromatic rings. The minimum absolute atomic E-state index is 0. The Morgan fingerprint density at radius 2 is 2.28 bits per heavy atom. The van der Waals surface area contributed by atoms with Gasteiger partial charge in [0.2, 0.25) is 0 Å². The molecule has 0 radical (unpaired) electrons. The first-order valence-corrected chi connectivity index (χ1v) is 7.37. The van der Waals surface area contributed by atoms with Crippen LogP contribution in [-0.2, 0) is 0 Å². The first-order chi connectivity index (χ1) is 8.04. The van der Waals surface area contributed by atoms with Gasteiger partial charge in [-0.2, -0.15) is 11.8 Å². The second-order valence-electron chi connectivity index (χ2n) is 4.52. The normalized spacial score (nSPS) is 20.6. The van der Waals surface area contributed by atoms with Gasteiger partial charge < -0.3 is 10.2 Å². The largest absolute Gasteiger partial charge is 0.351 e. The van der Waals surface area contributed by atoms with Crippen molar-refractivity contribution in [2.75, 3.05) is 32.4 Å². The molecular weight excluding hydrogens is 381 g/mol. The molecule has 1 N–H and O–H groups in total. The van der Waals surface area contributed by atoms with Crippen LogP contribution in [0.2, 0.25) is 0 Å². The Hall–Kier alpha value is 0.380. The Kier molecular flexibility index (Phi) is 9.51. The van der Waals surface area contributed by atoms with Crippen LogP contribution >= 0.6 is 47.3 Å². The number of hydrogen-bond donors (Lipinski definition) is 1. The third-order valence-electron chi connectivity index (χ3n) is 2.79. The summed E-state index contributed by atoms with van der Waals surface area (Å²) >= 11 is 7.82. The molecule has 0 spiro atoms. The van der Waals surface area contributed by atoms with Crippen LogP contribution in [0, 0.1) is 5.92 Å². The van der Waals surface area contributed by atoms with Gasteiger partial charge in [0.15, 0.2) is 5.96 Å². The van der Waals surface area contributed by atoms with Crippen molar-refractivity contribution < 1.29 is 0 Å². The summed E-state index contributed by atoms with van der Waals surface area (Å²) in [5, 5.41) is 4.52. The summed E-state index contributed by atoms with van der Waals surface area (Å²) < 4.78 is 0. The number of rotatable bonds is 3. The van der Waals surface area contributed by atoms with Gasteiger partial charge in [0, 0.05) is 36.2 Å². The maximum absolute atomic E-state index is 5.76. The number of thioether (sulfide) groups is 1. The first-order valence-electron chi connectivity index (χ1n) is 5.95. The van der Waals surface area contributed by atoms with Gasteiger partial charge in [-0.25, -0.2) is 0 Å². The van der Waals surface area contributed by atoms with E-state index >= 15 is 0 Å². The van der Waals surface area contributed by atoms with Crippen molar-refractivity contribution in [1.29, 1.82) is 0 Å². The molecule has 106 valence electrons. The van der Waals surface area contributed by atoms with Crippen LogP contribution in [0.3, 0.4) is 0 Å². The topological polar surface area (TPSA) is 27.6 Å². The lowest BCUT2D eigenvalue weighted by molar-refractivity contribution is 0.382. The molecule has 0 aliphatic carbocycles. The van der Waals surface area contributed by atoms with E-state index in [1.807, 2.05) is 7.05 Å². The van der Waals surface area contributed by atoms with Crippen molar-refractivity contribution in [3.63, 3.8) is 0 Å². The van der Waals surface area contributed by atoms with Gasteiger partial charge in [0.25, 0.3) is 0 Å². The molecule has 1 saturated heterocycles. The van der Waals surface area contributed by atoms with Crippen molar-refractivity contribution in [3.8, 4) is 0 Å². The van der Waals surface area contributed by atoms with Gasteiger partial charge in [0.1, 0.15) is 0 Å². The summed E-state index contributed by atoms with van der Waals surface area (Å²) in [4.78, 5) is 6.61. The number of nitrogens with zero attached hydrogens (tertiary/aromatic N) is 2. The van der Waals surface area contributed by atoms with E-state index in [1.165, 1.54) is 0 Å². The smallest absolute Gasteiger partial charge is 0.194 e. The summed E-state index contributed by atoms with van der Waals surface area (Å²) in [5.74, 6) is 2.78. The van der Waals surface area contributed by atoms with Gasteiger partial charge in [0.05, 0.1) is 6.54 Å². The van der Waals surface area contributed by atoms with Crippen molar-refractivity contribution >= 4 is 53.3 Å². The van der Waals surface area contributed by atoms with E-state index in [9.17, 15) is 0 Å². The average molecular weight is 404 g/mol. The highest BCUT2D eigenvalue weighted by Gasteiger charge is 2.24. The molecule has 1 atom stereocenters. The van der Waals surface area contributed by atoms with E-state index in [0.717, 1.165) is 24.8 Å². The molecule has 0 amide bonds. The summed E-state index contributed by atoms with van der Waals surface area (Å²) in [6.07, 6.45) is 0. The Labute approximate surface area is 137 Å². The van der Waals surface area contributed by atoms with Crippen molar-refractivity contribution in [2.24, 2.45) is 10.9 Å². The van der Waals surface area contributed by atoms with Gasteiger partial charge >= 0.3 is 0 Å².